The van der Waals surface area contributed by atoms with Crippen molar-refractivity contribution in [1.82, 2.24) is 0 Å². The van der Waals surface area contributed by atoms with Gasteiger partial charge in [-0.25, -0.2) is 0 Å². The summed E-state index contributed by atoms with van der Waals surface area (Å²) in [5.74, 6) is -0.597. The molecule has 0 saturated heterocycles. The molecule has 2 aliphatic rings. The molecule has 3 nitrogen and oxygen atoms in total. The maximum absolute atomic E-state index is 14.8. The summed E-state index contributed by atoms with van der Waals surface area (Å²) >= 11 is 0. The molecule has 0 amide bonds. The standard InChI is InChI=1S/C67H50O3/c1-45(51-27-15-28-52(35-51)47-19-7-3-8-20-47)59-39-60(41-62(40-59)65(68)56-32-16-29-53(36-56)48-21-9-4-10-22-48)46(2)61-42-63(66(69)57-33-17-30-54(37-57)49-23-11-5-12-24-49)44-64(43-61)67(70)58-34-18-31-55(38-58)50-25-13-6-14-26-50/h3,5,7-9,11-13,15-44H,1-2,4,6,10,14H2. The molecule has 3 heteroatoms. The van der Waals surface area contributed by atoms with Crippen molar-refractivity contribution in [2.75, 3.05) is 0 Å². The number of ketones is 3. The zero-order valence-corrected chi connectivity index (χ0v) is 38.9. The predicted molar refractivity (Wildman–Crippen MR) is 289 cm³/mol. The van der Waals surface area contributed by atoms with Crippen LogP contribution >= 0.6 is 0 Å². The van der Waals surface area contributed by atoms with Crippen LogP contribution in [0.1, 0.15) is 107 Å². The molecule has 8 aromatic rings. The van der Waals surface area contributed by atoms with Crippen LogP contribution < -0.4 is 0 Å². The van der Waals surface area contributed by atoms with E-state index in [-0.39, 0.29) is 17.3 Å². The first-order valence-corrected chi connectivity index (χ1v) is 23.8. The molecule has 0 unspecified atom stereocenters. The molecule has 8 aromatic carbocycles. The third-order valence-electron chi connectivity index (χ3n) is 13.2. The molecule has 2 aliphatic carbocycles. The molecule has 0 saturated carbocycles. The van der Waals surface area contributed by atoms with Crippen molar-refractivity contribution in [2.45, 2.75) is 25.7 Å². The lowest BCUT2D eigenvalue weighted by Gasteiger charge is -2.16. The predicted octanol–water partition coefficient (Wildman–Crippen LogP) is 16.3. The second-order valence-electron chi connectivity index (χ2n) is 17.9. The molecule has 0 spiro atoms. The molecule has 0 aromatic heterocycles. The van der Waals surface area contributed by atoms with Gasteiger partial charge < -0.3 is 0 Å². The Morgan fingerprint density at radius 1 is 0.286 bits per heavy atom. The van der Waals surface area contributed by atoms with Crippen molar-refractivity contribution in [3.63, 3.8) is 0 Å². The van der Waals surface area contributed by atoms with Gasteiger partial charge in [-0.05, 0) is 164 Å². The Morgan fingerprint density at radius 2 is 0.600 bits per heavy atom. The third kappa shape index (κ3) is 9.78. The summed E-state index contributed by atoms with van der Waals surface area (Å²) in [5.41, 5.74) is 15.0. The highest BCUT2D eigenvalue weighted by Crippen LogP contribution is 2.34. The fraction of sp³-hybridized carbons (Fsp3) is 0.0597. The average Bonchev–Trinajstić information content (AvgIpc) is 3.45. The average molecular weight is 903 g/mol. The van der Waals surface area contributed by atoms with Crippen molar-refractivity contribution >= 4 is 39.6 Å². The normalized spacial score (nSPS) is 13.0. The summed E-state index contributed by atoms with van der Waals surface area (Å²) in [6.45, 7) is 9.26. The van der Waals surface area contributed by atoms with Gasteiger partial charge in [0.15, 0.2) is 17.3 Å². The Bertz CT molecular complexity index is 3270. The van der Waals surface area contributed by atoms with Crippen molar-refractivity contribution in [2.24, 2.45) is 0 Å². The van der Waals surface area contributed by atoms with Crippen LogP contribution in [-0.2, 0) is 0 Å². The molecule has 0 atom stereocenters. The summed E-state index contributed by atoms with van der Waals surface area (Å²) in [5, 5.41) is 0. The molecular weight excluding hydrogens is 853 g/mol. The van der Waals surface area contributed by atoms with Crippen LogP contribution in [0.15, 0.2) is 244 Å². The van der Waals surface area contributed by atoms with Gasteiger partial charge in [-0.15, -0.1) is 0 Å². The minimum absolute atomic E-state index is 0.148. The number of carbonyl (C=O) groups excluding carboxylic acids is 3. The van der Waals surface area contributed by atoms with Gasteiger partial charge in [0, 0.05) is 33.4 Å². The second kappa shape index (κ2) is 20.2. The van der Waals surface area contributed by atoms with E-state index in [1.54, 1.807) is 6.07 Å². The monoisotopic (exact) mass is 902 g/mol. The molecule has 0 heterocycles. The lowest BCUT2D eigenvalue weighted by Crippen LogP contribution is -2.09. The van der Waals surface area contributed by atoms with Crippen molar-refractivity contribution in [3.05, 3.63) is 310 Å². The zero-order valence-electron chi connectivity index (χ0n) is 38.9. The van der Waals surface area contributed by atoms with Crippen molar-refractivity contribution in [1.29, 1.82) is 0 Å². The number of allylic oxidation sites excluding steroid dienone is 8. The summed E-state index contributed by atoms with van der Waals surface area (Å²) in [6.07, 6.45) is 16.8. The van der Waals surface area contributed by atoms with E-state index in [2.05, 4.69) is 73.9 Å². The van der Waals surface area contributed by atoms with E-state index in [4.69, 9.17) is 0 Å². The molecule has 0 radical (unpaired) electrons. The van der Waals surface area contributed by atoms with Gasteiger partial charge in [-0.1, -0.05) is 183 Å². The van der Waals surface area contributed by atoms with Crippen LogP contribution in [0.3, 0.4) is 0 Å². The van der Waals surface area contributed by atoms with Gasteiger partial charge in [0.25, 0.3) is 0 Å². The fourth-order valence-electron chi connectivity index (χ4n) is 9.33. The van der Waals surface area contributed by atoms with E-state index in [1.807, 2.05) is 164 Å². The lowest BCUT2D eigenvalue weighted by molar-refractivity contribution is 0.102. The minimum atomic E-state index is -0.230. The number of hydrogen-bond donors (Lipinski definition) is 0. The number of rotatable bonds is 14. The van der Waals surface area contributed by atoms with Gasteiger partial charge in [0.2, 0.25) is 0 Å². The summed E-state index contributed by atoms with van der Waals surface area (Å²) in [6, 6.07) is 62.5. The minimum Gasteiger partial charge on any atom is -0.289 e. The largest absolute Gasteiger partial charge is 0.289 e. The van der Waals surface area contributed by atoms with Gasteiger partial charge in [0.1, 0.15) is 0 Å². The summed E-state index contributed by atoms with van der Waals surface area (Å²) in [7, 11) is 0. The molecular formula is C67H50O3. The van der Waals surface area contributed by atoms with E-state index in [9.17, 15) is 14.4 Å². The van der Waals surface area contributed by atoms with E-state index < -0.39 is 0 Å². The van der Waals surface area contributed by atoms with Crippen LogP contribution in [0.25, 0.3) is 44.5 Å². The van der Waals surface area contributed by atoms with E-state index in [0.717, 1.165) is 86.9 Å². The highest BCUT2D eigenvalue weighted by atomic mass is 16.1. The van der Waals surface area contributed by atoms with Crippen LogP contribution in [-0.4, -0.2) is 17.3 Å². The lowest BCUT2D eigenvalue weighted by atomic mass is 9.86. The van der Waals surface area contributed by atoms with E-state index in [1.165, 1.54) is 0 Å². The van der Waals surface area contributed by atoms with E-state index in [0.29, 0.717) is 50.1 Å². The molecule has 0 bridgehead atoms. The number of carbonyl (C=O) groups is 3. The molecule has 0 fully saturated rings. The Labute approximate surface area is 410 Å². The first-order valence-electron chi connectivity index (χ1n) is 23.8. The van der Waals surface area contributed by atoms with Gasteiger partial charge in [0.05, 0.1) is 0 Å². The Morgan fingerprint density at radius 3 is 1.00 bits per heavy atom. The van der Waals surface area contributed by atoms with Crippen LogP contribution in [0.2, 0.25) is 0 Å². The first kappa shape index (κ1) is 45.0. The van der Waals surface area contributed by atoms with Crippen LogP contribution in [0, 0.1) is 0 Å². The van der Waals surface area contributed by atoms with Crippen LogP contribution in [0.4, 0.5) is 0 Å². The molecule has 336 valence electrons. The maximum Gasteiger partial charge on any atom is 0.193 e. The Balaban J connectivity index is 1.09. The quantitative estimate of drug-likeness (QED) is 0.102. The van der Waals surface area contributed by atoms with Gasteiger partial charge in [-0.3, -0.25) is 14.4 Å². The topological polar surface area (TPSA) is 51.2 Å². The highest BCUT2D eigenvalue weighted by Gasteiger charge is 2.21. The Kier molecular flexibility index (Phi) is 13.0. The zero-order chi connectivity index (χ0) is 48.0. The number of hydrogen-bond acceptors (Lipinski definition) is 3. The van der Waals surface area contributed by atoms with Crippen molar-refractivity contribution < 1.29 is 14.4 Å². The van der Waals surface area contributed by atoms with Crippen molar-refractivity contribution in [3.8, 4) is 22.3 Å². The van der Waals surface area contributed by atoms with Gasteiger partial charge in [-0.2, -0.15) is 0 Å². The summed E-state index contributed by atoms with van der Waals surface area (Å²) < 4.78 is 0. The first-order chi connectivity index (χ1) is 34.3. The smallest absolute Gasteiger partial charge is 0.193 e. The van der Waals surface area contributed by atoms with Crippen LogP contribution in [0.5, 0.6) is 0 Å². The third-order valence-corrected chi connectivity index (χ3v) is 13.2. The fourth-order valence-corrected chi connectivity index (χ4v) is 9.33. The van der Waals surface area contributed by atoms with Gasteiger partial charge >= 0.3 is 0 Å². The molecule has 0 aliphatic heterocycles. The second-order valence-corrected chi connectivity index (χ2v) is 17.9. The molecule has 10 rings (SSSR count). The molecule has 70 heavy (non-hydrogen) atoms. The highest BCUT2D eigenvalue weighted by molar-refractivity contribution is 6.15. The van der Waals surface area contributed by atoms with E-state index >= 15 is 0 Å². The molecule has 0 N–H and O–H groups in total. The Hall–Kier alpha value is -8.79. The number of benzene rings is 8. The SMILES string of the molecule is C=C(c1cc(C(=C)c2cccc(-c3ccccc3)c2)cc(C(=O)c2cccc(C3=CCCC=C3)c2)c1)c1cc(C(=O)c2cccc(C3=CCCC=C3)c2)cc(C(=O)c2cccc(-c3ccccc3)c2)c1. The maximum atomic E-state index is 14.8. The summed E-state index contributed by atoms with van der Waals surface area (Å²) in [4.78, 5) is 44.4.